The van der Waals surface area contributed by atoms with Crippen LogP contribution in [0.1, 0.15) is 39.5 Å². The summed E-state index contributed by atoms with van der Waals surface area (Å²) in [7, 11) is 0. The van der Waals surface area contributed by atoms with Gasteiger partial charge in [-0.2, -0.15) is 11.8 Å². The number of nitrogens with one attached hydrogen (secondary N) is 1. The molecule has 0 aliphatic carbocycles. The van der Waals surface area contributed by atoms with E-state index in [1.165, 1.54) is 18.7 Å². The highest BCUT2D eigenvalue weighted by molar-refractivity contribution is 7.99. The quantitative estimate of drug-likeness (QED) is 0.273. The normalized spacial score (nSPS) is 9.91. The zero-order valence-electron chi connectivity index (χ0n) is 13.4. The summed E-state index contributed by atoms with van der Waals surface area (Å²) < 4.78 is 4.62. The molecule has 0 saturated heterocycles. The van der Waals surface area contributed by atoms with Crippen LogP contribution >= 0.6 is 11.8 Å². The number of amides is 1. The van der Waals surface area contributed by atoms with Crippen molar-refractivity contribution in [2.75, 3.05) is 18.1 Å². The molecule has 1 amide bonds. The van der Waals surface area contributed by atoms with Gasteiger partial charge in [-0.05, 0) is 26.7 Å². The average molecular weight is 327 g/mol. The summed E-state index contributed by atoms with van der Waals surface area (Å²) in [6.45, 7) is 11.5. The van der Waals surface area contributed by atoms with Crippen LogP contribution in [-0.2, 0) is 14.3 Å². The number of hydrogen-bond acceptors (Lipinski definition) is 5. The van der Waals surface area contributed by atoms with Crippen LogP contribution in [0.3, 0.4) is 0 Å². The summed E-state index contributed by atoms with van der Waals surface area (Å²) in [5.41, 5.74) is 1.88. The van der Waals surface area contributed by atoms with E-state index in [0.717, 1.165) is 24.0 Å². The lowest BCUT2D eigenvalue weighted by molar-refractivity contribution is -0.136. The molecule has 0 radical (unpaired) electrons. The zero-order valence-corrected chi connectivity index (χ0v) is 14.2. The number of allylic oxidation sites excluding steroid dienone is 2. The molecule has 0 unspecified atom stereocenters. The maximum Gasteiger partial charge on any atom is 0.414 e. The van der Waals surface area contributed by atoms with Gasteiger partial charge in [-0.3, -0.25) is 9.59 Å². The molecule has 0 aromatic carbocycles. The van der Waals surface area contributed by atoms with Crippen LogP contribution in [0.5, 0.6) is 0 Å². The molecule has 0 aliphatic rings. The predicted molar refractivity (Wildman–Crippen MR) is 89.9 cm³/mol. The monoisotopic (exact) mass is 327 g/mol. The van der Waals surface area contributed by atoms with Gasteiger partial charge in [-0.15, -0.1) is 0 Å². The molecule has 0 heterocycles. The number of thioether (sulfide) groups is 1. The van der Waals surface area contributed by atoms with E-state index in [1.54, 1.807) is 0 Å². The molecule has 1 N–H and O–H groups in total. The molecule has 0 saturated carbocycles. The topological polar surface area (TPSA) is 72.5 Å². The second kappa shape index (κ2) is 12.0. The first-order valence-corrected chi connectivity index (χ1v) is 8.37. The van der Waals surface area contributed by atoms with Crippen LogP contribution in [-0.4, -0.2) is 35.9 Å². The van der Waals surface area contributed by atoms with E-state index < -0.39 is 12.1 Å². The minimum Gasteiger partial charge on any atom is -0.376 e. The number of ether oxygens (including phenoxy) is 1. The summed E-state index contributed by atoms with van der Waals surface area (Å²) in [6.07, 6.45) is 1.39. The van der Waals surface area contributed by atoms with Crippen molar-refractivity contribution in [1.82, 2.24) is 5.32 Å². The number of ketones is 1. The van der Waals surface area contributed by atoms with Gasteiger partial charge >= 0.3 is 12.1 Å². The summed E-state index contributed by atoms with van der Waals surface area (Å²) in [5.74, 6) is 0.794. The summed E-state index contributed by atoms with van der Waals surface area (Å²) >= 11 is 1.49. The Bertz CT molecular complexity index is 432. The van der Waals surface area contributed by atoms with Crippen molar-refractivity contribution in [2.45, 2.75) is 39.5 Å². The third-order valence-electron chi connectivity index (χ3n) is 2.78. The van der Waals surface area contributed by atoms with Gasteiger partial charge in [0.15, 0.2) is 0 Å². The molecule has 0 aromatic heterocycles. The molecule has 0 rings (SSSR count). The van der Waals surface area contributed by atoms with Crippen molar-refractivity contribution in [3.8, 4) is 0 Å². The second-order valence-electron chi connectivity index (χ2n) is 4.99. The van der Waals surface area contributed by atoms with Crippen molar-refractivity contribution in [2.24, 2.45) is 0 Å². The Morgan fingerprint density at radius 2 is 1.68 bits per heavy atom. The largest absolute Gasteiger partial charge is 0.414 e. The highest BCUT2D eigenvalue weighted by Crippen LogP contribution is 2.10. The van der Waals surface area contributed by atoms with Gasteiger partial charge in [0.1, 0.15) is 5.78 Å². The number of Topliss-reactive ketones (excluding diaryl/α,β-unsaturated/α-hetero) is 1. The fourth-order valence-electron chi connectivity index (χ4n) is 1.37. The van der Waals surface area contributed by atoms with Gasteiger partial charge < -0.3 is 10.1 Å². The number of hydrogen-bond donors (Lipinski definition) is 1. The Kier molecular flexibility index (Phi) is 11.2. The van der Waals surface area contributed by atoms with E-state index in [9.17, 15) is 14.4 Å². The van der Waals surface area contributed by atoms with Gasteiger partial charge in [0, 0.05) is 24.5 Å². The van der Waals surface area contributed by atoms with E-state index >= 15 is 0 Å². The molecular weight excluding hydrogens is 302 g/mol. The van der Waals surface area contributed by atoms with Gasteiger partial charge in [-0.25, -0.2) is 4.79 Å². The van der Waals surface area contributed by atoms with Crippen LogP contribution in [0.2, 0.25) is 0 Å². The fraction of sp³-hybridized carbons (Fsp3) is 0.562. The number of alkyl carbamates (subject to hydrolysis) is 1. The van der Waals surface area contributed by atoms with E-state index in [-0.39, 0.29) is 12.2 Å². The Balaban J connectivity index is 3.61. The lowest BCUT2D eigenvalue weighted by Crippen LogP contribution is -2.27. The van der Waals surface area contributed by atoms with E-state index in [4.69, 9.17) is 0 Å². The lowest BCUT2D eigenvalue weighted by Gasteiger charge is -2.07. The van der Waals surface area contributed by atoms with Crippen LogP contribution in [0.15, 0.2) is 24.3 Å². The fourth-order valence-corrected chi connectivity index (χ4v) is 2.32. The third kappa shape index (κ3) is 12.2. The van der Waals surface area contributed by atoms with E-state index in [2.05, 4.69) is 23.2 Å². The Hall–Kier alpha value is -1.56. The third-order valence-corrected chi connectivity index (χ3v) is 3.77. The average Bonchev–Trinajstić information content (AvgIpc) is 2.42. The van der Waals surface area contributed by atoms with Crippen LogP contribution in [0.25, 0.3) is 0 Å². The van der Waals surface area contributed by atoms with Gasteiger partial charge in [-0.1, -0.05) is 24.3 Å². The Morgan fingerprint density at radius 1 is 1.05 bits per heavy atom. The van der Waals surface area contributed by atoms with Crippen molar-refractivity contribution in [3.63, 3.8) is 0 Å². The molecular formula is C16H25NO4S. The zero-order chi connectivity index (χ0) is 17.0. The Morgan fingerprint density at radius 3 is 2.27 bits per heavy atom. The van der Waals surface area contributed by atoms with Crippen molar-refractivity contribution < 1.29 is 19.1 Å². The second-order valence-corrected chi connectivity index (χ2v) is 6.21. The molecule has 0 aromatic rings. The standard InChI is InChI=1S/C16H25NO4S/c1-12(2)13(3)6-5-9-17-16(20)21-15(19)8-11-22-10-7-14(4)18/h1,3,5-11H2,2,4H3,(H,17,20). The summed E-state index contributed by atoms with van der Waals surface area (Å²) in [5, 5.41) is 2.52. The molecule has 6 heteroatoms. The minimum absolute atomic E-state index is 0.129. The molecule has 5 nitrogen and oxygen atoms in total. The molecule has 0 aliphatic heterocycles. The number of carbonyl (C=O) groups is 3. The van der Waals surface area contributed by atoms with Crippen molar-refractivity contribution in [3.05, 3.63) is 24.3 Å². The van der Waals surface area contributed by atoms with Crippen molar-refractivity contribution >= 4 is 29.6 Å². The van der Waals surface area contributed by atoms with E-state index in [0.29, 0.717) is 24.5 Å². The van der Waals surface area contributed by atoms with E-state index in [1.807, 2.05) is 6.92 Å². The number of carbonyl (C=O) groups excluding carboxylic acids is 3. The first-order valence-electron chi connectivity index (χ1n) is 7.22. The molecule has 0 bridgehead atoms. The predicted octanol–water partition coefficient (Wildman–Crippen LogP) is 3.25. The van der Waals surface area contributed by atoms with Crippen LogP contribution < -0.4 is 5.32 Å². The highest BCUT2D eigenvalue weighted by Gasteiger charge is 2.09. The number of esters is 1. The summed E-state index contributed by atoms with van der Waals surface area (Å²) in [6, 6.07) is 0. The van der Waals surface area contributed by atoms with Gasteiger partial charge in [0.05, 0.1) is 6.42 Å². The van der Waals surface area contributed by atoms with Gasteiger partial charge in [0.2, 0.25) is 0 Å². The number of rotatable bonds is 11. The molecule has 0 spiro atoms. The lowest BCUT2D eigenvalue weighted by atomic mass is 10.1. The first kappa shape index (κ1) is 20.4. The maximum atomic E-state index is 11.4. The molecule has 0 atom stereocenters. The molecule has 22 heavy (non-hydrogen) atoms. The summed E-state index contributed by atoms with van der Waals surface area (Å²) in [4.78, 5) is 33.5. The Labute approximate surface area is 136 Å². The van der Waals surface area contributed by atoms with Crippen LogP contribution in [0, 0.1) is 0 Å². The molecule has 124 valence electrons. The van der Waals surface area contributed by atoms with Crippen LogP contribution in [0.4, 0.5) is 4.79 Å². The van der Waals surface area contributed by atoms with Gasteiger partial charge in [0.25, 0.3) is 0 Å². The minimum atomic E-state index is -0.723. The molecule has 0 fully saturated rings. The highest BCUT2D eigenvalue weighted by atomic mass is 32.2. The SMILES string of the molecule is C=C(C)C(=C)CCCNC(=O)OC(=O)CCSCCC(C)=O. The maximum absolute atomic E-state index is 11.4. The first-order chi connectivity index (χ1) is 10.3. The van der Waals surface area contributed by atoms with Crippen molar-refractivity contribution in [1.29, 1.82) is 0 Å². The smallest absolute Gasteiger partial charge is 0.376 e.